The molecule has 0 amide bonds. The van der Waals surface area contributed by atoms with Gasteiger partial charge in [-0.05, 0) is 13.0 Å². The minimum atomic E-state index is 0.567. The molecule has 0 radical (unpaired) electrons. The SMILES string of the molecule is CNCCc1noc(CC(C)C)n1. The van der Waals surface area contributed by atoms with Crippen LogP contribution >= 0.6 is 0 Å². The molecule has 0 aliphatic rings. The monoisotopic (exact) mass is 183 g/mol. The van der Waals surface area contributed by atoms with Crippen molar-refractivity contribution >= 4 is 0 Å². The molecule has 1 N–H and O–H groups in total. The molecular weight excluding hydrogens is 166 g/mol. The maximum Gasteiger partial charge on any atom is 0.226 e. The van der Waals surface area contributed by atoms with E-state index < -0.39 is 0 Å². The highest BCUT2D eigenvalue weighted by molar-refractivity contribution is 4.87. The van der Waals surface area contributed by atoms with Gasteiger partial charge in [-0.25, -0.2) is 0 Å². The van der Waals surface area contributed by atoms with Gasteiger partial charge >= 0.3 is 0 Å². The largest absolute Gasteiger partial charge is 0.339 e. The average Bonchev–Trinajstić information content (AvgIpc) is 2.48. The molecule has 0 spiro atoms. The summed E-state index contributed by atoms with van der Waals surface area (Å²) in [5, 5.41) is 6.93. The predicted molar refractivity (Wildman–Crippen MR) is 50.5 cm³/mol. The summed E-state index contributed by atoms with van der Waals surface area (Å²) in [7, 11) is 1.91. The van der Waals surface area contributed by atoms with Crippen molar-refractivity contribution in [1.29, 1.82) is 0 Å². The molecule has 0 saturated heterocycles. The summed E-state index contributed by atoms with van der Waals surface area (Å²) in [5.74, 6) is 2.11. The summed E-state index contributed by atoms with van der Waals surface area (Å²) < 4.78 is 5.08. The second-order valence-corrected chi connectivity index (χ2v) is 3.56. The Kier molecular flexibility index (Phi) is 3.89. The van der Waals surface area contributed by atoms with Crippen LogP contribution in [0.3, 0.4) is 0 Å². The van der Waals surface area contributed by atoms with Crippen molar-refractivity contribution in [3.8, 4) is 0 Å². The molecule has 0 fully saturated rings. The second-order valence-electron chi connectivity index (χ2n) is 3.56. The van der Waals surface area contributed by atoms with Crippen LogP contribution in [0, 0.1) is 5.92 Å². The summed E-state index contributed by atoms with van der Waals surface area (Å²) in [6, 6.07) is 0. The van der Waals surface area contributed by atoms with Crippen molar-refractivity contribution in [3.05, 3.63) is 11.7 Å². The van der Waals surface area contributed by atoms with Crippen LogP contribution in [0.1, 0.15) is 25.6 Å². The van der Waals surface area contributed by atoms with Crippen LogP contribution in [0.4, 0.5) is 0 Å². The van der Waals surface area contributed by atoms with Gasteiger partial charge in [0.25, 0.3) is 0 Å². The van der Waals surface area contributed by atoms with E-state index in [0.29, 0.717) is 5.92 Å². The smallest absolute Gasteiger partial charge is 0.226 e. The first-order valence-electron chi connectivity index (χ1n) is 4.68. The summed E-state index contributed by atoms with van der Waals surface area (Å²) in [5.41, 5.74) is 0. The molecule has 4 nitrogen and oxygen atoms in total. The van der Waals surface area contributed by atoms with Gasteiger partial charge in [0.05, 0.1) is 0 Å². The van der Waals surface area contributed by atoms with Gasteiger partial charge in [-0.15, -0.1) is 0 Å². The lowest BCUT2D eigenvalue weighted by molar-refractivity contribution is 0.358. The van der Waals surface area contributed by atoms with Gasteiger partial charge in [0.15, 0.2) is 5.82 Å². The fraction of sp³-hybridized carbons (Fsp3) is 0.778. The number of nitrogens with zero attached hydrogens (tertiary/aromatic N) is 2. The minimum absolute atomic E-state index is 0.567. The molecule has 13 heavy (non-hydrogen) atoms. The summed E-state index contributed by atoms with van der Waals surface area (Å²) >= 11 is 0. The molecule has 0 aliphatic heterocycles. The molecule has 1 aromatic rings. The van der Waals surface area contributed by atoms with Crippen molar-refractivity contribution < 1.29 is 4.52 Å². The topological polar surface area (TPSA) is 51.0 Å². The number of hydrogen-bond donors (Lipinski definition) is 1. The lowest BCUT2D eigenvalue weighted by atomic mass is 10.1. The van der Waals surface area contributed by atoms with Crippen LogP contribution in [-0.4, -0.2) is 23.7 Å². The van der Waals surface area contributed by atoms with E-state index in [-0.39, 0.29) is 0 Å². The molecule has 1 heterocycles. The number of aromatic nitrogens is 2. The van der Waals surface area contributed by atoms with Crippen LogP contribution in [0.5, 0.6) is 0 Å². The van der Waals surface area contributed by atoms with Gasteiger partial charge in [-0.1, -0.05) is 19.0 Å². The van der Waals surface area contributed by atoms with E-state index in [9.17, 15) is 0 Å². The molecule has 0 bridgehead atoms. The van der Waals surface area contributed by atoms with Crippen LogP contribution in [0.2, 0.25) is 0 Å². The van der Waals surface area contributed by atoms with E-state index in [1.165, 1.54) is 0 Å². The van der Waals surface area contributed by atoms with Crippen molar-refractivity contribution in [3.63, 3.8) is 0 Å². The van der Waals surface area contributed by atoms with E-state index in [1.807, 2.05) is 7.05 Å². The van der Waals surface area contributed by atoms with Crippen LogP contribution < -0.4 is 5.32 Å². The van der Waals surface area contributed by atoms with Crippen LogP contribution in [-0.2, 0) is 12.8 Å². The Morgan fingerprint density at radius 1 is 1.46 bits per heavy atom. The Balaban J connectivity index is 2.44. The molecule has 0 saturated carbocycles. The molecule has 4 heteroatoms. The maximum atomic E-state index is 5.08. The van der Waals surface area contributed by atoms with Crippen molar-refractivity contribution in [2.75, 3.05) is 13.6 Å². The van der Waals surface area contributed by atoms with Gasteiger partial charge < -0.3 is 9.84 Å². The third-order valence-corrected chi connectivity index (χ3v) is 1.69. The second kappa shape index (κ2) is 4.97. The standard InChI is InChI=1S/C9H17N3O/c1-7(2)6-9-11-8(12-13-9)4-5-10-3/h7,10H,4-6H2,1-3H3. The van der Waals surface area contributed by atoms with Gasteiger partial charge in [-0.3, -0.25) is 0 Å². The quantitative estimate of drug-likeness (QED) is 0.740. The molecule has 1 aromatic heterocycles. The predicted octanol–water partition coefficient (Wildman–Crippen LogP) is 1.03. The summed E-state index contributed by atoms with van der Waals surface area (Å²) in [6.07, 6.45) is 1.70. The Hall–Kier alpha value is -0.900. The minimum Gasteiger partial charge on any atom is -0.339 e. The van der Waals surface area contributed by atoms with E-state index in [1.54, 1.807) is 0 Å². The molecule has 0 aliphatic carbocycles. The van der Waals surface area contributed by atoms with Gasteiger partial charge in [0.1, 0.15) is 0 Å². The zero-order valence-corrected chi connectivity index (χ0v) is 8.50. The number of hydrogen-bond acceptors (Lipinski definition) is 4. The first kappa shape index (κ1) is 10.2. The zero-order chi connectivity index (χ0) is 9.68. The van der Waals surface area contributed by atoms with Crippen molar-refractivity contribution in [2.45, 2.75) is 26.7 Å². The van der Waals surface area contributed by atoms with Gasteiger partial charge in [0.2, 0.25) is 5.89 Å². The zero-order valence-electron chi connectivity index (χ0n) is 8.50. The van der Waals surface area contributed by atoms with E-state index >= 15 is 0 Å². The van der Waals surface area contributed by atoms with Gasteiger partial charge in [-0.2, -0.15) is 4.98 Å². The van der Waals surface area contributed by atoms with Crippen molar-refractivity contribution in [1.82, 2.24) is 15.5 Å². The number of nitrogens with one attached hydrogen (secondary N) is 1. The van der Waals surface area contributed by atoms with Gasteiger partial charge in [0, 0.05) is 19.4 Å². The van der Waals surface area contributed by atoms with Crippen LogP contribution in [0.25, 0.3) is 0 Å². The van der Waals surface area contributed by atoms with Crippen LogP contribution in [0.15, 0.2) is 4.52 Å². The average molecular weight is 183 g/mol. The van der Waals surface area contributed by atoms with E-state index in [2.05, 4.69) is 29.3 Å². The maximum absolute atomic E-state index is 5.08. The molecule has 0 atom stereocenters. The highest BCUT2D eigenvalue weighted by atomic mass is 16.5. The number of likely N-dealkylation sites (N-methyl/N-ethyl adjacent to an activating group) is 1. The summed E-state index contributed by atoms with van der Waals surface area (Å²) in [4.78, 5) is 4.27. The lowest BCUT2D eigenvalue weighted by Crippen LogP contribution is -2.11. The molecule has 0 unspecified atom stereocenters. The fourth-order valence-electron chi connectivity index (χ4n) is 1.06. The molecule has 1 rings (SSSR count). The number of rotatable bonds is 5. The molecule has 74 valence electrons. The van der Waals surface area contributed by atoms with Crippen molar-refractivity contribution in [2.24, 2.45) is 5.92 Å². The van der Waals surface area contributed by atoms with E-state index in [0.717, 1.165) is 31.1 Å². The third-order valence-electron chi connectivity index (χ3n) is 1.69. The first-order chi connectivity index (χ1) is 6.22. The fourth-order valence-corrected chi connectivity index (χ4v) is 1.06. The molecular formula is C9H17N3O. The first-order valence-corrected chi connectivity index (χ1v) is 4.68. The Labute approximate surface area is 78.7 Å². The Morgan fingerprint density at radius 3 is 2.85 bits per heavy atom. The Bertz CT molecular complexity index is 245. The van der Waals surface area contributed by atoms with E-state index in [4.69, 9.17) is 4.52 Å². The highest BCUT2D eigenvalue weighted by Gasteiger charge is 2.06. The Morgan fingerprint density at radius 2 is 2.23 bits per heavy atom. The molecule has 0 aromatic carbocycles. The third kappa shape index (κ3) is 3.55. The normalized spacial score (nSPS) is 11.1. The lowest BCUT2D eigenvalue weighted by Gasteiger charge is -1.96. The highest BCUT2D eigenvalue weighted by Crippen LogP contribution is 2.05. The summed E-state index contributed by atoms with van der Waals surface area (Å²) in [6.45, 7) is 5.16.